The first-order chi connectivity index (χ1) is 7.27. The Kier molecular flexibility index (Phi) is 6.26. The Morgan fingerprint density at radius 2 is 2.00 bits per heavy atom. The van der Waals surface area contributed by atoms with Gasteiger partial charge < -0.3 is 5.32 Å². The van der Waals surface area contributed by atoms with Gasteiger partial charge in [0.25, 0.3) is 0 Å². The van der Waals surface area contributed by atoms with Gasteiger partial charge >= 0.3 is 0 Å². The van der Waals surface area contributed by atoms with E-state index in [2.05, 4.69) is 31.0 Å². The van der Waals surface area contributed by atoms with Crippen molar-refractivity contribution >= 4 is 0 Å². The summed E-state index contributed by atoms with van der Waals surface area (Å²) in [6, 6.07) is 1.53. The van der Waals surface area contributed by atoms with E-state index in [1.54, 1.807) is 0 Å². The molecule has 0 aromatic rings. The third kappa shape index (κ3) is 4.52. The second-order valence-corrected chi connectivity index (χ2v) is 4.85. The van der Waals surface area contributed by atoms with E-state index in [9.17, 15) is 0 Å². The molecule has 0 saturated carbocycles. The fourth-order valence-corrected chi connectivity index (χ4v) is 2.48. The predicted octanol–water partition coefficient (Wildman–Crippen LogP) is 2.64. The summed E-state index contributed by atoms with van der Waals surface area (Å²) in [5, 5.41) is 3.65. The van der Waals surface area contributed by atoms with Crippen LogP contribution in [0.2, 0.25) is 0 Å². The van der Waals surface area contributed by atoms with Crippen molar-refractivity contribution in [3.8, 4) is 0 Å². The van der Waals surface area contributed by atoms with Crippen LogP contribution in [0.15, 0.2) is 0 Å². The zero-order valence-corrected chi connectivity index (χ0v) is 10.8. The first-order valence-electron chi connectivity index (χ1n) is 6.75. The molecule has 1 rings (SSSR count). The van der Waals surface area contributed by atoms with Gasteiger partial charge in [-0.2, -0.15) is 0 Å². The van der Waals surface area contributed by atoms with Crippen LogP contribution in [-0.4, -0.2) is 36.6 Å². The van der Waals surface area contributed by atoms with Gasteiger partial charge in [-0.25, -0.2) is 0 Å². The molecule has 0 radical (unpaired) electrons. The summed E-state index contributed by atoms with van der Waals surface area (Å²) in [4.78, 5) is 2.64. The van der Waals surface area contributed by atoms with Gasteiger partial charge in [0.15, 0.2) is 0 Å². The predicted molar refractivity (Wildman–Crippen MR) is 67.3 cm³/mol. The fourth-order valence-electron chi connectivity index (χ4n) is 2.48. The molecule has 0 spiro atoms. The molecule has 1 saturated heterocycles. The Labute approximate surface area is 95.4 Å². The summed E-state index contributed by atoms with van der Waals surface area (Å²) in [7, 11) is 0. The molecule has 1 aliphatic heterocycles. The first-order valence-corrected chi connectivity index (χ1v) is 6.75. The van der Waals surface area contributed by atoms with Crippen LogP contribution in [0.4, 0.5) is 0 Å². The Hall–Kier alpha value is -0.0800. The first kappa shape index (κ1) is 13.0. The lowest BCUT2D eigenvalue weighted by atomic mass is 10.0. The van der Waals surface area contributed by atoms with Crippen LogP contribution in [0.25, 0.3) is 0 Å². The molecule has 1 heterocycles. The van der Waals surface area contributed by atoms with Crippen LogP contribution >= 0.6 is 0 Å². The zero-order chi connectivity index (χ0) is 11.1. The standard InChI is InChI=1S/C13H28N2/c1-4-13(5-2)14-9-11-15-10-7-6-8-12(15)3/h12-14H,4-11H2,1-3H3. The van der Waals surface area contributed by atoms with E-state index in [1.807, 2.05) is 0 Å². The molecule has 1 atom stereocenters. The van der Waals surface area contributed by atoms with Crippen LogP contribution in [-0.2, 0) is 0 Å². The SMILES string of the molecule is CCC(CC)NCCN1CCCCC1C. The molecular formula is C13H28N2. The van der Waals surface area contributed by atoms with Crippen LogP contribution in [0, 0.1) is 0 Å². The minimum absolute atomic E-state index is 0.727. The number of rotatable bonds is 6. The summed E-state index contributed by atoms with van der Waals surface area (Å²) in [5.74, 6) is 0. The summed E-state index contributed by atoms with van der Waals surface area (Å²) in [6.07, 6.45) is 6.73. The van der Waals surface area contributed by atoms with Gasteiger partial charge in [-0.1, -0.05) is 20.3 Å². The molecule has 2 nitrogen and oxygen atoms in total. The van der Waals surface area contributed by atoms with E-state index in [0.29, 0.717) is 0 Å². The van der Waals surface area contributed by atoms with Gasteiger partial charge in [0.1, 0.15) is 0 Å². The van der Waals surface area contributed by atoms with Crippen LogP contribution < -0.4 is 5.32 Å². The minimum Gasteiger partial charge on any atom is -0.313 e. The number of likely N-dealkylation sites (tertiary alicyclic amines) is 1. The maximum atomic E-state index is 3.65. The Balaban J connectivity index is 2.12. The van der Waals surface area contributed by atoms with Crippen molar-refractivity contribution in [3.05, 3.63) is 0 Å². The molecule has 0 aliphatic carbocycles. The average Bonchev–Trinajstić information content (AvgIpc) is 2.27. The van der Waals surface area contributed by atoms with Crippen LogP contribution in [0.1, 0.15) is 52.9 Å². The second-order valence-electron chi connectivity index (χ2n) is 4.85. The van der Waals surface area contributed by atoms with E-state index < -0.39 is 0 Å². The van der Waals surface area contributed by atoms with Crippen molar-refractivity contribution in [1.29, 1.82) is 0 Å². The quantitative estimate of drug-likeness (QED) is 0.728. The molecule has 1 unspecified atom stereocenters. The molecule has 2 heteroatoms. The van der Waals surface area contributed by atoms with Gasteiger partial charge in [0.2, 0.25) is 0 Å². The normalized spacial score (nSPS) is 23.6. The van der Waals surface area contributed by atoms with Crippen molar-refractivity contribution in [2.45, 2.75) is 65.0 Å². The number of nitrogens with zero attached hydrogens (tertiary/aromatic N) is 1. The highest BCUT2D eigenvalue weighted by Gasteiger charge is 2.17. The molecule has 0 amide bonds. The van der Waals surface area contributed by atoms with E-state index in [0.717, 1.165) is 18.6 Å². The second kappa shape index (κ2) is 7.24. The molecule has 0 bridgehead atoms. The largest absolute Gasteiger partial charge is 0.313 e. The van der Waals surface area contributed by atoms with Crippen molar-refractivity contribution in [2.75, 3.05) is 19.6 Å². The van der Waals surface area contributed by atoms with Crippen molar-refractivity contribution in [1.82, 2.24) is 10.2 Å². The fraction of sp³-hybridized carbons (Fsp3) is 1.00. The lowest BCUT2D eigenvalue weighted by Crippen LogP contribution is -2.43. The zero-order valence-electron chi connectivity index (χ0n) is 10.8. The van der Waals surface area contributed by atoms with Gasteiger partial charge in [-0.3, -0.25) is 4.90 Å². The Morgan fingerprint density at radius 3 is 2.60 bits per heavy atom. The van der Waals surface area contributed by atoms with E-state index >= 15 is 0 Å². The lowest BCUT2D eigenvalue weighted by molar-refractivity contribution is 0.159. The highest BCUT2D eigenvalue weighted by molar-refractivity contribution is 4.74. The van der Waals surface area contributed by atoms with E-state index in [1.165, 1.54) is 45.2 Å². The van der Waals surface area contributed by atoms with Gasteiger partial charge in [-0.05, 0) is 39.2 Å². The maximum Gasteiger partial charge on any atom is 0.0110 e. The molecule has 15 heavy (non-hydrogen) atoms. The number of piperidine rings is 1. The Morgan fingerprint density at radius 1 is 1.27 bits per heavy atom. The highest BCUT2D eigenvalue weighted by Crippen LogP contribution is 2.15. The van der Waals surface area contributed by atoms with Gasteiger partial charge in [0, 0.05) is 25.2 Å². The van der Waals surface area contributed by atoms with Crippen molar-refractivity contribution in [2.24, 2.45) is 0 Å². The number of nitrogens with one attached hydrogen (secondary N) is 1. The summed E-state index contributed by atoms with van der Waals surface area (Å²) < 4.78 is 0. The molecule has 90 valence electrons. The smallest absolute Gasteiger partial charge is 0.0110 e. The molecular weight excluding hydrogens is 184 g/mol. The third-order valence-corrected chi connectivity index (χ3v) is 3.76. The van der Waals surface area contributed by atoms with Gasteiger partial charge in [-0.15, -0.1) is 0 Å². The maximum absolute atomic E-state index is 3.65. The topological polar surface area (TPSA) is 15.3 Å². The molecule has 0 aromatic heterocycles. The van der Waals surface area contributed by atoms with Crippen molar-refractivity contribution in [3.63, 3.8) is 0 Å². The van der Waals surface area contributed by atoms with Gasteiger partial charge in [0.05, 0.1) is 0 Å². The minimum atomic E-state index is 0.727. The van der Waals surface area contributed by atoms with Crippen LogP contribution in [0.5, 0.6) is 0 Å². The van der Waals surface area contributed by atoms with E-state index in [-0.39, 0.29) is 0 Å². The number of hydrogen-bond donors (Lipinski definition) is 1. The molecule has 0 aromatic carbocycles. The summed E-state index contributed by atoms with van der Waals surface area (Å²) >= 11 is 0. The van der Waals surface area contributed by atoms with E-state index in [4.69, 9.17) is 0 Å². The monoisotopic (exact) mass is 212 g/mol. The third-order valence-electron chi connectivity index (χ3n) is 3.76. The summed E-state index contributed by atoms with van der Waals surface area (Å²) in [5.41, 5.74) is 0. The lowest BCUT2D eigenvalue weighted by Gasteiger charge is -2.33. The highest BCUT2D eigenvalue weighted by atomic mass is 15.2. The molecule has 1 N–H and O–H groups in total. The summed E-state index contributed by atoms with van der Waals surface area (Å²) in [6.45, 7) is 10.6. The van der Waals surface area contributed by atoms with Crippen molar-refractivity contribution < 1.29 is 0 Å². The number of hydrogen-bond acceptors (Lipinski definition) is 2. The van der Waals surface area contributed by atoms with Crippen LogP contribution in [0.3, 0.4) is 0 Å². The molecule has 1 aliphatic rings. The Bertz CT molecular complexity index is 155. The average molecular weight is 212 g/mol. The molecule has 1 fully saturated rings.